The summed E-state index contributed by atoms with van der Waals surface area (Å²) >= 11 is 0. The summed E-state index contributed by atoms with van der Waals surface area (Å²) in [7, 11) is 1.70. The minimum Gasteiger partial charge on any atom is -0.380 e. The quantitative estimate of drug-likeness (QED) is 0.860. The van der Waals surface area contributed by atoms with Gasteiger partial charge in [-0.05, 0) is 24.1 Å². The summed E-state index contributed by atoms with van der Waals surface area (Å²) in [6.07, 6.45) is 2.61. The summed E-state index contributed by atoms with van der Waals surface area (Å²) in [6, 6.07) is 14.4. The van der Waals surface area contributed by atoms with Gasteiger partial charge in [0.05, 0.1) is 12.6 Å². The fourth-order valence-corrected chi connectivity index (χ4v) is 2.26. The minimum atomic E-state index is 0.288. The Hall–Kier alpha value is -2.40. The largest absolute Gasteiger partial charge is 0.380 e. The van der Waals surface area contributed by atoms with Crippen LogP contribution < -0.4 is 10.2 Å². The average molecular weight is 313 g/mol. The maximum absolute atomic E-state index is 10.2. The Bertz CT molecular complexity index is 581. The molecule has 0 radical (unpaired) electrons. The van der Waals surface area contributed by atoms with E-state index in [1.807, 2.05) is 55.6 Å². The van der Waals surface area contributed by atoms with Crippen LogP contribution in [0.5, 0.6) is 0 Å². The number of aromatic nitrogens is 1. The van der Waals surface area contributed by atoms with E-state index in [2.05, 4.69) is 15.2 Å². The minimum absolute atomic E-state index is 0.288. The zero-order chi connectivity index (χ0) is 16.5. The van der Waals surface area contributed by atoms with E-state index in [9.17, 15) is 4.79 Å². The second kappa shape index (κ2) is 8.90. The Balaban J connectivity index is 0.000000185. The number of carbonyl (C=O) groups is 1. The van der Waals surface area contributed by atoms with Gasteiger partial charge >= 0.3 is 0 Å². The van der Waals surface area contributed by atoms with E-state index < -0.39 is 0 Å². The summed E-state index contributed by atoms with van der Waals surface area (Å²) in [5.74, 6) is 0.986. The predicted molar refractivity (Wildman–Crippen MR) is 91.3 cm³/mol. The highest BCUT2D eigenvalue weighted by atomic mass is 16.5. The number of hydrogen-bond acceptors (Lipinski definition) is 4. The molecule has 122 valence electrons. The van der Waals surface area contributed by atoms with Gasteiger partial charge in [-0.2, -0.15) is 0 Å². The molecule has 0 atom stereocenters. The summed E-state index contributed by atoms with van der Waals surface area (Å²) < 4.78 is 4.93. The van der Waals surface area contributed by atoms with Crippen LogP contribution in [0, 0.1) is 6.92 Å². The number of benzene rings is 1. The Kier molecular flexibility index (Phi) is 6.56. The van der Waals surface area contributed by atoms with Crippen molar-refractivity contribution in [2.45, 2.75) is 19.6 Å². The first-order chi connectivity index (χ1) is 11.2. The van der Waals surface area contributed by atoms with Gasteiger partial charge in [-0.25, -0.2) is 4.98 Å². The summed E-state index contributed by atoms with van der Waals surface area (Å²) in [5.41, 5.74) is 2.39. The first-order valence-electron chi connectivity index (χ1n) is 7.63. The van der Waals surface area contributed by atoms with E-state index in [0.29, 0.717) is 6.61 Å². The van der Waals surface area contributed by atoms with Crippen molar-refractivity contribution in [1.29, 1.82) is 0 Å². The van der Waals surface area contributed by atoms with Crippen LogP contribution in [0.3, 0.4) is 0 Å². The molecule has 1 amide bonds. The molecule has 3 rings (SSSR count). The van der Waals surface area contributed by atoms with E-state index in [0.717, 1.165) is 30.9 Å². The van der Waals surface area contributed by atoms with Gasteiger partial charge in [0.25, 0.3) is 0 Å². The van der Waals surface area contributed by atoms with E-state index in [-0.39, 0.29) is 6.04 Å². The number of hydrogen-bond donors (Lipinski definition) is 1. The number of rotatable bonds is 5. The SMILES string of the molecule is COCc1ccccc1.Cc1ccc(N2CC(NC=O)C2)nc1. The van der Waals surface area contributed by atoms with Gasteiger partial charge in [0.15, 0.2) is 0 Å². The third-order valence-corrected chi connectivity index (χ3v) is 3.56. The van der Waals surface area contributed by atoms with Crippen LogP contribution >= 0.6 is 0 Å². The molecule has 1 saturated heterocycles. The second-order valence-corrected chi connectivity index (χ2v) is 5.50. The molecule has 0 bridgehead atoms. The lowest BCUT2D eigenvalue weighted by atomic mass is 10.1. The molecule has 1 aromatic heterocycles. The van der Waals surface area contributed by atoms with Crippen molar-refractivity contribution in [3.63, 3.8) is 0 Å². The molecule has 0 unspecified atom stereocenters. The number of ether oxygens (including phenoxy) is 1. The number of pyridine rings is 1. The van der Waals surface area contributed by atoms with Crippen molar-refractivity contribution in [3.8, 4) is 0 Å². The van der Waals surface area contributed by atoms with E-state index in [1.165, 1.54) is 5.56 Å². The Labute approximate surface area is 137 Å². The van der Waals surface area contributed by atoms with Crippen LogP contribution in [-0.2, 0) is 16.1 Å². The Morgan fingerprint density at radius 3 is 2.57 bits per heavy atom. The number of carbonyl (C=O) groups excluding carboxylic acids is 1. The highest BCUT2D eigenvalue weighted by molar-refractivity contribution is 5.50. The van der Waals surface area contributed by atoms with Gasteiger partial charge in [-0.15, -0.1) is 0 Å². The van der Waals surface area contributed by atoms with Gasteiger partial charge in [-0.1, -0.05) is 36.4 Å². The molecule has 2 aromatic rings. The average Bonchev–Trinajstić information content (AvgIpc) is 2.54. The molecule has 1 aliphatic heterocycles. The lowest BCUT2D eigenvalue weighted by molar-refractivity contribution is -0.110. The maximum Gasteiger partial charge on any atom is 0.207 e. The highest BCUT2D eigenvalue weighted by Crippen LogP contribution is 2.17. The first kappa shape index (κ1) is 17.0. The Morgan fingerprint density at radius 1 is 1.26 bits per heavy atom. The van der Waals surface area contributed by atoms with Crippen LogP contribution in [0.1, 0.15) is 11.1 Å². The van der Waals surface area contributed by atoms with Crippen molar-refractivity contribution in [3.05, 3.63) is 59.8 Å². The van der Waals surface area contributed by atoms with Gasteiger partial charge in [-0.3, -0.25) is 4.79 Å². The molecule has 0 saturated carbocycles. The van der Waals surface area contributed by atoms with Gasteiger partial charge in [0.2, 0.25) is 6.41 Å². The monoisotopic (exact) mass is 313 g/mol. The molecule has 1 fully saturated rings. The first-order valence-corrected chi connectivity index (χ1v) is 7.63. The lowest BCUT2D eigenvalue weighted by Gasteiger charge is -2.39. The molecule has 1 N–H and O–H groups in total. The van der Waals surface area contributed by atoms with Crippen molar-refractivity contribution in [2.24, 2.45) is 0 Å². The number of anilines is 1. The molecular weight excluding hydrogens is 290 g/mol. The van der Waals surface area contributed by atoms with Crippen LogP contribution in [0.15, 0.2) is 48.7 Å². The molecule has 1 aromatic carbocycles. The molecule has 2 heterocycles. The van der Waals surface area contributed by atoms with E-state index in [4.69, 9.17) is 4.74 Å². The van der Waals surface area contributed by atoms with Gasteiger partial charge < -0.3 is 15.0 Å². The number of nitrogens with zero attached hydrogens (tertiary/aromatic N) is 2. The number of amides is 1. The summed E-state index contributed by atoms with van der Waals surface area (Å²) in [6.45, 7) is 4.44. The highest BCUT2D eigenvalue weighted by Gasteiger charge is 2.26. The Morgan fingerprint density at radius 2 is 2.00 bits per heavy atom. The maximum atomic E-state index is 10.2. The molecule has 5 nitrogen and oxygen atoms in total. The molecule has 1 aliphatic rings. The molecule has 23 heavy (non-hydrogen) atoms. The van der Waals surface area contributed by atoms with Gasteiger partial charge in [0, 0.05) is 26.4 Å². The second-order valence-electron chi connectivity index (χ2n) is 5.50. The topological polar surface area (TPSA) is 54.5 Å². The molecular formula is C18H23N3O2. The summed E-state index contributed by atoms with van der Waals surface area (Å²) in [5, 5.41) is 2.74. The molecule has 0 spiro atoms. The van der Waals surface area contributed by atoms with Crippen LogP contribution in [0.4, 0.5) is 5.82 Å². The standard InChI is InChI=1S/C10H13N3O.C8H10O/c1-8-2-3-10(11-4-8)13-5-9(6-13)12-7-14;1-9-7-8-5-3-2-4-6-8/h2-4,7,9H,5-6H2,1H3,(H,12,14);2-6H,7H2,1H3. The number of nitrogens with one attached hydrogen (secondary N) is 1. The fourth-order valence-electron chi connectivity index (χ4n) is 2.26. The lowest BCUT2D eigenvalue weighted by Crippen LogP contribution is -2.58. The van der Waals surface area contributed by atoms with E-state index >= 15 is 0 Å². The van der Waals surface area contributed by atoms with Crippen molar-refractivity contribution < 1.29 is 9.53 Å². The van der Waals surface area contributed by atoms with Crippen molar-refractivity contribution in [1.82, 2.24) is 10.3 Å². The summed E-state index contributed by atoms with van der Waals surface area (Å²) in [4.78, 5) is 16.6. The normalized spacial score (nSPS) is 13.6. The van der Waals surface area contributed by atoms with Gasteiger partial charge in [0.1, 0.15) is 5.82 Å². The third-order valence-electron chi connectivity index (χ3n) is 3.56. The van der Waals surface area contributed by atoms with Crippen LogP contribution in [0.2, 0.25) is 0 Å². The van der Waals surface area contributed by atoms with Crippen LogP contribution in [0.25, 0.3) is 0 Å². The third kappa shape index (κ3) is 5.38. The van der Waals surface area contributed by atoms with Crippen molar-refractivity contribution in [2.75, 3.05) is 25.1 Å². The zero-order valence-electron chi connectivity index (χ0n) is 13.6. The van der Waals surface area contributed by atoms with Crippen molar-refractivity contribution >= 4 is 12.2 Å². The number of methoxy groups -OCH3 is 1. The fraction of sp³-hybridized carbons (Fsp3) is 0.333. The zero-order valence-corrected chi connectivity index (χ0v) is 13.6. The predicted octanol–water partition coefficient (Wildman–Crippen LogP) is 2.16. The smallest absolute Gasteiger partial charge is 0.207 e. The molecule has 0 aliphatic carbocycles. The number of aryl methyl sites for hydroxylation is 1. The molecule has 5 heteroatoms. The van der Waals surface area contributed by atoms with E-state index in [1.54, 1.807) is 7.11 Å². The van der Waals surface area contributed by atoms with Crippen LogP contribution in [-0.4, -0.2) is 37.6 Å².